The molecule has 0 atom stereocenters. The van der Waals surface area contributed by atoms with E-state index in [-0.39, 0.29) is 17.1 Å². The van der Waals surface area contributed by atoms with Gasteiger partial charge in [0.1, 0.15) is 5.69 Å². The average Bonchev–Trinajstić information content (AvgIpc) is 2.49. The number of halogens is 1. The van der Waals surface area contributed by atoms with Crippen LogP contribution in [0.15, 0.2) is 48.5 Å². The van der Waals surface area contributed by atoms with Crippen molar-refractivity contribution < 1.29 is 4.92 Å². The number of nitriles is 1. The Balaban J connectivity index is 2.57. The lowest BCUT2D eigenvalue weighted by atomic mass is 10.2. The maximum Gasteiger partial charge on any atom is 0.294 e. The van der Waals surface area contributed by atoms with Gasteiger partial charge >= 0.3 is 0 Å². The quantitative estimate of drug-likeness (QED) is 0.610. The van der Waals surface area contributed by atoms with Crippen LogP contribution in [0.2, 0.25) is 5.02 Å². The lowest BCUT2D eigenvalue weighted by Crippen LogP contribution is -2.19. The molecule has 0 heterocycles. The van der Waals surface area contributed by atoms with Gasteiger partial charge in [-0.1, -0.05) is 35.9 Å². The van der Waals surface area contributed by atoms with Gasteiger partial charge in [0.25, 0.3) is 5.69 Å². The molecule has 0 radical (unpaired) electrons. The molecule has 2 aromatic rings. The van der Waals surface area contributed by atoms with Crippen LogP contribution in [0, 0.1) is 21.4 Å². The highest BCUT2D eigenvalue weighted by molar-refractivity contribution is 6.34. The lowest BCUT2D eigenvalue weighted by Gasteiger charge is -2.24. The Kier molecular flexibility index (Phi) is 4.75. The minimum absolute atomic E-state index is 0.0794. The molecule has 5 nitrogen and oxygen atoms in total. The van der Waals surface area contributed by atoms with Crippen molar-refractivity contribution in [2.24, 2.45) is 0 Å². The molecule has 0 saturated heterocycles. The summed E-state index contributed by atoms with van der Waals surface area (Å²) >= 11 is 6.17. The topological polar surface area (TPSA) is 70.2 Å². The highest BCUT2D eigenvalue weighted by Crippen LogP contribution is 2.39. The minimum atomic E-state index is -0.469. The predicted octanol–water partition coefficient (Wildman–Crippen LogP) is 4.30. The molecule has 106 valence electrons. The van der Waals surface area contributed by atoms with Gasteiger partial charge in [0, 0.05) is 18.3 Å². The maximum atomic E-state index is 11.2. The van der Waals surface area contributed by atoms with E-state index < -0.39 is 4.92 Å². The summed E-state index contributed by atoms with van der Waals surface area (Å²) in [6, 6.07) is 15.8. The van der Waals surface area contributed by atoms with Crippen molar-refractivity contribution in [2.45, 2.75) is 6.42 Å². The van der Waals surface area contributed by atoms with E-state index in [1.807, 2.05) is 30.3 Å². The van der Waals surface area contributed by atoms with Gasteiger partial charge in [-0.2, -0.15) is 5.26 Å². The Hall–Kier alpha value is -2.58. The molecule has 0 bridgehead atoms. The molecule has 0 aliphatic carbocycles. The monoisotopic (exact) mass is 301 g/mol. The average molecular weight is 302 g/mol. The second-order valence-corrected chi connectivity index (χ2v) is 4.67. The fraction of sp³-hybridized carbons (Fsp3) is 0.133. The summed E-state index contributed by atoms with van der Waals surface area (Å²) in [5.41, 5.74) is 0.985. The van der Waals surface area contributed by atoms with Crippen LogP contribution >= 0.6 is 11.6 Å². The Labute approximate surface area is 127 Å². The van der Waals surface area contributed by atoms with Gasteiger partial charge in [-0.3, -0.25) is 10.1 Å². The fourth-order valence-electron chi connectivity index (χ4n) is 2.06. The van der Waals surface area contributed by atoms with E-state index in [1.165, 1.54) is 12.1 Å². The van der Waals surface area contributed by atoms with Gasteiger partial charge in [0.05, 0.1) is 22.4 Å². The molecule has 6 heteroatoms. The lowest BCUT2D eigenvalue weighted by molar-refractivity contribution is -0.384. The smallest absolute Gasteiger partial charge is 0.294 e. The number of benzene rings is 2. The number of hydrogen-bond donors (Lipinski definition) is 0. The summed E-state index contributed by atoms with van der Waals surface area (Å²) in [7, 11) is 0. The van der Waals surface area contributed by atoms with Crippen LogP contribution in [-0.4, -0.2) is 11.5 Å². The molecule has 0 unspecified atom stereocenters. The Bertz CT molecular complexity index is 683. The zero-order valence-corrected chi connectivity index (χ0v) is 11.8. The second-order valence-electron chi connectivity index (χ2n) is 4.26. The Morgan fingerprint density at radius 1 is 1.19 bits per heavy atom. The third-order valence-corrected chi connectivity index (χ3v) is 3.25. The van der Waals surface area contributed by atoms with Crippen LogP contribution in [0.3, 0.4) is 0 Å². The SMILES string of the molecule is N#CCCN(c1ccccc1)c1c(Cl)cccc1[N+](=O)[O-]. The first-order chi connectivity index (χ1) is 10.1. The van der Waals surface area contributed by atoms with Gasteiger partial charge in [-0.05, 0) is 18.2 Å². The molecule has 0 amide bonds. The highest BCUT2D eigenvalue weighted by atomic mass is 35.5. The van der Waals surface area contributed by atoms with Gasteiger partial charge < -0.3 is 4.90 Å². The first-order valence-corrected chi connectivity index (χ1v) is 6.65. The third-order valence-electron chi connectivity index (χ3n) is 2.95. The summed E-state index contributed by atoms with van der Waals surface area (Å²) < 4.78 is 0. The molecule has 2 rings (SSSR count). The van der Waals surface area contributed by atoms with Gasteiger partial charge in [-0.15, -0.1) is 0 Å². The Morgan fingerprint density at radius 3 is 2.52 bits per heavy atom. The number of rotatable bonds is 5. The molecule has 0 aromatic heterocycles. The highest BCUT2D eigenvalue weighted by Gasteiger charge is 2.23. The van der Waals surface area contributed by atoms with Crippen LogP contribution in [0.1, 0.15) is 6.42 Å². The van der Waals surface area contributed by atoms with Crippen LogP contribution < -0.4 is 4.90 Å². The summed E-state index contributed by atoms with van der Waals surface area (Å²) in [4.78, 5) is 12.5. The van der Waals surface area contributed by atoms with E-state index in [0.717, 1.165) is 5.69 Å². The van der Waals surface area contributed by atoms with Crippen molar-refractivity contribution in [1.29, 1.82) is 5.26 Å². The van der Waals surface area contributed by atoms with Crippen molar-refractivity contribution in [3.8, 4) is 6.07 Å². The molecule has 0 spiro atoms. The standard InChI is InChI=1S/C15H12ClN3O2/c16-13-8-4-9-14(19(20)21)15(13)18(11-5-10-17)12-6-2-1-3-7-12/h1-4,6-9H,5,11H2. The molecule has 0 N–H and O–H groups in total. The zero-order valence-electron chi connectivity index (χ0n) is 11.1. The number of para-hydroxylation sites is 2. The second kappa shape index (κ2) is 6.73. The van der Waals surface area contributed by atoms with E-state index in [4.69, 9.17) is 16.9 Å². The van der Waals surface area contributed by atoms with E-state index in [1.54, 1.807) is 11.0 Å². The molecule has 21 heavy (non-hydrogen) atoms. The van der Waals surface area contributed by atoms with Gasteiger partial charge in [-0.25, -0.2) is 0 Å². The van der Waals surface area contributed by atoms with Gasteiger partial charge in [0.2, 0.25) is 0 Å². The number of nitrogens with zero attached hydrogens (tertiary/aromatic N) is 3. The first kappa shape index (κ1) is 14.8. The van der Waals surface area contributed by atoms with Crippen molar-refractivity contribution >= 4 is 28.7 Å². The van der Waals surface area contributed by atoms with Crippen LogP contribution in [-0.2, 0) is 0 Å². The van der Waals surface area contributed by atoms with Crippen molar-refractivity contribution in [2.75, 3.05) is 11.4 Å². The van der Waals surface area contributed by atoms with E-state index >= 15 is 0 Å². The Morgan fingerprint density at radius 2 is 1.90 bits per heavy atom. The van der Waals surface area contributed by atoms with E-state index in [9.17, 15) is 10.1 Å². The van der Waals surface area contributed by atoms with E-state index in [2.05, 4.69) is 6.07 Å². The van der Waals surface area contributed by atoms with Crippen LogP contribution in [0.5, 0.6) is 0 Å². The molecule has 0 fully saturated rings. The fourth-order valence-corrected chi connectivity index (χ4v) is 2.33. The van der Waals surface area contributed by atoms with Gasteiger partial charge in [0.15, 0.2) is 0 Å². The van der Waals surface area contributed by atoms with Crippen molar-refractivity contribution in [3.63, 3.8) is 0 Å². The zero-order chi connectivity index (χ0) is 15.2. The van der Waals surface area contributed by atoms with Crippen molar-refractivity contribution in [1.82, 2.24) is 0 Å². The summed E-state index contributed by atoms with van der Waals surface area (Å²) in [6.07, 6.45) is 0.233. The molecular weight excluding hydrogens is 290 g/mol. The van der Waals surface area contributed by atoms with Crippen LogP contribution in [0.25, 0.3) is 0 Å². The summed E-state index contributed by atoms with van der Waals surface area (Å²) in [5, 5.41) is 20.3. The number of nitro benzene ring substituents is 1. The van der Waals surface area contributed by atoms with Crippen molar-refractivity contribution in [3.05, 3.63) is 63.7 Å². The van der Waals surface area contributed by atoms with E-state index in [0.29, 0.717) is 12.2 Å². The maximum absolute atomic E-state index is 11.2. The predicted molar refractivity (Wildman–Crippen MR) is 81.8 cm³/mol. The largest absolute Gasteiger partial charge is 0.334 e. The molecular formula is C15H12ClN3O2. The number of anilines is 2. The number of nitro groups is 1. The normalized spacial score (nSPS) is 9.90. The molecule has 2 aromatic carbocycles. The number of hydrogen-bond acceptors (Lipinski definition) is 4. The molecule has 0 aliphatic rings. The molecule has 0 aliphatic heterocycles. The first-order valence-electron chi connectivity index (χ1n) is 6.27. The summed E-state index contributed by atoms with van der Waals surface area (Å²) in [6.45, 7) is 0.324. The third kappa shape index (κ3) is 3.30. The van der Waals surface area contributed by atoms with Crippen LogP contribution in [0.4, 0.5) is 17.1 Å². The minimum Gasteiger partial charge on any atom is -0.334 e. The molecule has 0 saturated carbocycles. The summed E-state index contributed by atoms with van der Waals surface area (Å²) in [5.74, 6) is 0.